The summed E-state index contributed by atoms with van der Waals surface area (Å²) in [6.07, 6.45) is 0. The highest BCUT2D eigenvalue weighted by Gasteiger charge is 2.36. The summed E-state index contributed by atoms with van der Waals surface area (Å²) in [5.74, 6) is -1.28. The molecule has 0 spiro atoms. The molecule has 2 aromatic carbocycles. The van der Waals surface area contributed by atoms with E-state index < -0.39 is 11.9 Å². The molecule has 0 amide bonds. The van der Waals surface area contributed by atoms with Crippen LogP contribution in [-0.2, 0) is 4.79 Å². The molecule has 0 bridgehead atoms. The van der Waals surface area contributed by atoms with Gasteiger partial charge in [0.2, 0.25) is 0 Å². The summed E-state index contributed by atoms with van der Waals surface area (Å²) in [5.41, 5.74) is 3.10. The maximum Gasteiger partial charge on any atom is 0.316 e. The Labute approximate surface area is 113 Å². The number of carboxylic acids is 1. The average molecular weight is 266 g/mol. The predicted molar refractivity (Wildman–Crippen MR) is 76.7 cm³/mol. The van der Waals surface area contributed by atoms with Crippen molar-refractivity contribution in [3.63, 3.8) is 0 Å². The Morgan fingerprint density at radius 2 is 1.79 bits per heavy atom. The Hall–Kier alpha value is -2.13. The van der Waals surface area contributed by atoms with Gasteiger partial charge in [-0.05, 0) is 17.2 Å². The van der Waals surface area contributed by atoms with E-state index in [1.165, 1.54) is 5.39 Å². The minimum absolute atomic E-state index is 0.511. The van der Waals surface area contributed by atoms with Crippen LogP contribution in [0, 0.1) is 0 Å². The van der Waals surface area contributed by atoms with Crippen molar-refractivity contribution >= 4 is 27.4 Å². The van der Waals surface area contributed by atoms with Crippen LogP contribution >= 0.6 is 11.3 Å². The average Bonchev–Trinajstić information content (AvgIpc) is 2.91. The smallest absolute Gasteiger partial charge is 0.316 e. The van der Waals surface area contributed by atoms with E-state index in [2.05, 4.69) is 12.1 Å². The van der Waals surface area contributed by atoms with Gasteiger partial charge in [0.15, 0.2) is 0 Å². The first-order chi connectivity index (χ1) is 9.27. The molecule has 1 heterocycles. The third kappa shape index (κ3) is 1.33. The van der Waals surface area contributed by atoms with Gasteiger partial charge < -0.3 is 5.11 Å². The monoisotopic (exact) mass is 266 g/mol. The zero-order valence-corrected chi connectivity index (χ0v) is 10.8. The number of thiophene rings is 1. The number of hydrogen-bond donors (Lipinski definition) is 1. The molecule has 2 nitrogen and oxygen atoms in total. The van der Waals surface area contributed by atoms with Gasteiger partial charge in [-0.1, -0.05) is 42.5 Å². The lowest BCUT2D eigenvalue weighted by molar-refractivity contribution is -0.137. The van der Waals surface area contributed by atoms with Crippen molar-refractivity contribution < 1.29 is 9.90 Å². The molecule has 3 heteroatoms. The molecule has 4 rings (SSSR count). The number of fused-ring (bicyclic) bond motifs is 5. The van der Waals surface area contributed by atoms with Gasteiger partial charge in [0, 0.05) is 20.5 Å². The normalized spacial score (nSPS) is 16.3. The highest BCUT2D eigenvalue weighted by Crippen LogP contribution is 2.52. The lowest BCUT2D eigenvalue weighted by atomic mass is 10.0. The van der Waals surface area contributed by atoms with Crippen LogP contribution in [0.3, 0.4) is 0 Å². The van der Waals surface area contributed by atoms with Gasteiger partial charge in [0.05, 0.1) is 0 Å². The summed E-state index contributed by atoms with van der Waals surface area (Å²) in [6, 6.07) is 16.0. The molecule has 1 aliphatic carbocycles. The fourth-order valence-electron chi connectivity index (χ4n) is 2.91. The first kappa shape index (κ1) is 10.8. The van der Waals surface area contributed by atoms with Gasteiger partial charge >= 0.3 is 5.97 Å². The lowest BCUT2D eigenvalue weighted by Crippen LogP contribution is -2.08. The third-order valence-corrected chi connectivity index (χ3v) is 4.91. The molecule has 1 unspecified atom stereocenters. The molecule has 0 radical (unpaired) electrons. The highest BCUT2D eigenvalue weighted by atomic mass is 32.1. The number of rotatable bonds is 1. The zero-order chi connectivity index (χ0) is 13.0. The highest BCUT2D eigenvalue weighted by molar-refractivity contribution is 7.20. The van der Waals surface area contributed by atoms with E-state index in [1.54, 1.807) is 11.3 Å². The summed E-state index contributed by atoms with van der Waals surface area (Å²) in [5, 5.41) is 10.7. The van der Waals surface area contributed by atoms with E-state index in [9.17, 15) is 9.90 Å². The van der Waals surface area contributed by atoms with E-state index in [1.807, 2.05) is 36.4 Å². The fourth-order valence-corrected chi connectivity index (χ4v) is 4.24. The van der Waals surface area contributed by atoms with E-state index in [0.717, 1.165) is 26.3 Å². The lowest BCUT2D eigenvalue weighted by Gasteiger charge is -2.06. The molecule has 1 atom stereocenters. The van der Waals surface area contributed by atoms with Crippen molar-refractivity contribution in [1.29, 1.82) is 0 Å². The maximum atomic E-state index is 11.6. The molecule has 1 aliphatic rings. The molecule has 0 saturated heterocycles. The number of benzene rings is 2. The Bertz CT molecular complexity index is 816. The van der Waals surface area contributed by atoms with Gasteiger partial charge in [-0.3, -0.25) is 4.79 Å². The molecule has 0 fully saturated rings. The van der Waals surface area contributed by atoms with Crippen molar-refractivity contribution in [3.8, 4) is 11.1 Å². The number of hydrogen-bond acceptors (Lipinski definition) is 2. The first-order valence-electron chi connectivity index (χ1n) is 6.11. The summed E-state index contributed by atoms with van der Waals surface area (Å²) in [4.78, 5) is 12.6. The molecular weight excluding hydrogens is 256 g/mol. The van der Waals surface area contributed by atoms with Gasteiger partial charge in [-0.25, -0.2) is 0 Å². The predicted octanol–water partition coefficient (Wildman–Crippen LogP) is 4.10. The van der Waals surface area contributed by atoms with Crippen LogP contribution in [-0.4, -0.2) is 11.1 Å². The van der Waals surface area contributed by atoms with Crippen LogP contribution in [0.4, 0.5) is 0 Å². The summed E-state index contributed by atoms with van der Waals surface area (Å²) < 4.78 is 1.16. The van der Waals surface area contributed by atoms with Gasteiger partial charge in [-0.15, -0.1) is 11.3 Å². The Morgan fingerprint density at radius 3 is 2.63 bits per heavy atom. The van der Waals surface area contributed by atoms with Gasteiger partial charge in [-0.2, -0.15) is 0 Å². The standard InChI is InChI=1S/C16H10O2S/c17-16(18)14-10-6-2-1-5-9(10)13-11-7-3-4-8-12(11)19-15(13)14/h1-8,14H,(H,17,18). The Kier molecular flexibility index (Phi) is 2.09. The van der Waals surface area contributed by atoms with Crippen LogP contribution < -0.4 is 0 Å². The zero-order valence-electron chi connectivity index (χ0n) is 9.96. The minimum Gasteiger partial charge on any atom is -0.481 e. The molecule has 92 valence electrons. The molecule has 19 heavy (non-hydrogen) atoms. The van der Waals surface area contributed by atoms with Crippen molar-refractivity contribution in [3.05, 3.63) is 59.0 Å². The third-order valence-electron chi connectivity index (χ3n) is 3.67. The second-order valence-corrected chi connectivity index (χ2v) is 5.78. The second kappa shape index (κ2) is 3.68. The molecule has 3 aromatic rings. The van der Waals surface area contributed by atoms with Crippen LogP contribution in [0.5, 0.6) is 0 Å². The Balaban J connectivity index is 2.15. The fraction of sp³-hybridized carbons (Fsp3) is 0.0625. The topological polar surface area (TPSA) is 37.3 Å². The van der Waals surface area contributed by atoms with E-state index >= 15 is 0 Å². The molecule has 0 saturated carbocycles. The van der Waals surface area contributed by atoms with Crippen LogP contribution in [0.25, 0.3) is 21.2 Å². The first-order valence-corrected chi connectivity index (χ1v) is 6.92. The number of carboxylic acid groups (broad SMARTS) is 1. The minimum atomic E-state index is -0.766. The summed E-state index contributed by atoms with van der Waals surface area (Å²) in [6.45, 7) is 0. The number of carbonyl (C=O) groups is 1. The number of aliphatic carboxylic acids is 1. The van der Waals surface area contributed by atoms with E-state index in [-0.39, 0.29) is 0 Å². The van der Waals surface area contributed by atoms with Crippen LogP contribution in [0.1, 0.15) is 16.4 Å². The van der Waals surface area contributed by atoms with Gasteiger partial charge in [0.25, 0.3) is 0 Å². The van der Waals surface area contributed by atoms with Crippen molar-refractivity contribution in [2.24, 2.45) is 0 Å². The van der Waals surface area contributed by atoms with Crippen molar-refractivity contribution in [2.75, 3.05) is 0 Å². The summed E-state index contributed by atoms with van der Waals surface area (Å²) >= 11 is 1.60. The quantitative estimate of drug-likeness (QED) is 0.720. The Morgan fingerprint density at radius 1 is 1.05 bits per heavy atom. The SMILES string of the molecule is O=C(O)C1c2ccccc2-c2c1sc1ccccc21. The maximum absolute atomic E-state index is 11.6. The molecule has 0 aliphatic heterocycles. The molecular formula is C16H10O2S. The van der Waals surface area contributed by atoms with Crippen LogP contribution in [0.15, 0.2) is 48.5 Å². The van der Waals surface area contributed by atoms with E-state index in [4.69, 9.17) is 0 Å². The van der Waals surface area contributed by atoms with E-state index in [0.29, 0.717) is 0 Å². The van der Waals surface area contributed by atoms with Crippen LogP contribution in [0.2, 0.25) is 0 Å². The molecule has 1 aromatic heterocycles. The largest absolute Gasteiger partial charge is 0.481 e. The van der Waals surface area contributed by atoms with Gasteiger partial charge in [0.1, 0.15) is 5.92 Å². The van der Waals surface area contributed by atoms with Crippen molar-refractivity contribution in [1.82, 2.24) is 0 Å². The molecule has 1 N–H and O–H groups in total. The van der Waals surface area contributed by atoms with Crippen molar-refractivity contribution in [2.45, 2.75) is 5.92 Å². The second-order valence-electron chi connectivity index (χ2n) is 4.70. The summed E-state index contributed by atoms with van der Waals surface area (Å²) in [7, 11) is 0.